The molecule has 2 radical (unpaired) electrons. The molecule has 66 valence electrons. The molecule has 0 saturated heterocycles. The second kappa shape index (κ2) is 4.07. The minimum absolute atomic E-state index is 0.174. The van der Waals surface area contributed by atoms with Crippen molar-refractivity contribution in [1.29, 1.82) is 0 Å². The van der Waals surface area contributed by atoms with E-state index in [1.807, 2.05) is 6.92 Å². The van der Waals surface area contributed by atoms with Crippen LogP contribution in [-0.2, 0) is 16.0 Å². The normalized spacial score (nSPS) is 9.69. The fourth-order valence-corrected chi connectivity index (χ4v) is 0.983. The summed E-state index contributed by atoms with van der Waals surface area (Å²) < 4.78 is 4.53. The molecule has 1 aromatic heterocycles. The van der Waals surface area contributed by atoms with Gasteiger partial charge >= 0.3 is 5.97 Å². The van der Waals surface area contributed by atoms with Gasteiger partial charge in [0.1, 0.15) is 7.85 Å². The Kier molecular flexibility index (Phi) is 3.06. The lowest BCUT2D eigenvalue weighted by Crippen LogP contribution is -2.15. The molecule has 0 aliphatic heterocycles. The Hall–Kier alpha value is -1.32. The summed E-state index contributed by atoms with van der Waals surface area (Å²) in [5.41, 5.74) is 2.16. The highest BCUT2D eigenvalue weighted by Gasteiger charge is 2.07. The Labute approximate surface area is 78.5 Å². The van der Waals surface area contributed by atoms with Gasteiger partial charge in [-0.2, -0.15) is 0 Å². The van der Waals surface area contributed by atoms with Crippen LogP contribution in [-0.4, -0.2) is 25.9 Å². The lowest BCUT2D eigenvalue weighted by Gasteiger charge is -2.05. The first-order valence-electron chi connectivity index (χ1n) is 3.92. The van der Waals surface area contributed by atoms with Crippen molar-refractivity contribution < 1.29 is 9.53 Å². The third-order valence-corrected chi connectivity index (χ3v) is 1.89. The maximum absolute atomic E-state index is 10.9. The summed E-state index contributed by atoms with van der Waals surface area (Å²) in [6.45, 7) is 1.83. The first-order chi connectivity index (χ1) is 6.15. The number of carbonyl (C=O) groups excluding carboxylic acids is 1. The molecule has 0 aromatic carbocycles. The molecule has 0 N–H and O–H groups in total. The van der Waals surface area contributed by atoms with Gasteiger partial charge in [-0.05, 0) is 12.5 Å². The number of methoxy groups -OCH3 is 1. The maximum atomic E-state index is 10.9. The van der Waals surface area contributed by atoms with Crippen LogP contribution < -0.4 is 5.46 Å². The van der Waals surface area contributed by atoms with Crippen LogP contribution in [0.5, 0.6) is 0 Å². The SMILES string of the molecule is [B]c1ccnc(CC(=O)OC)c1C. The van der Waals surface area contributed by atoms with Gasteiger partial charge in [0.2, 0.25) is 0 Å². The fourth-order valence-electron chi connectivity index (χ4n) is 0.983. The number of rotatable bonds is 2. The Balaban J connectivity index is 2.89. The smallest absolute Gasteiger partial charge is 0.311 e. The zero-order valence-corrected chi connectivity index (χ0v) is 7.70. The Bertz CT molecular complexity index is 325. The molecule has 0 saturated carbocycles. The first kappa shape index (κ1) is 9.77. The van der Waals surface area contributed by atoms with Crippen LogP contribution in [0.25, 0.3) is 0 Å². The van der Waals surface area contributed by atoms with Crippen LogP contribution in [0, 0.1) is 6.92 Å². The molecule has 0 atom stereocenters. The van der Waals surface area contributed by atoms with Gasteiger partial charge in [0.15, 0.2) is 0 Å². The molecule has 4 heteroatoms. The molecule has 0 aliphatic rings. The van der Waals surface area contributed by atoms with Crippen LogP contribution in [0.15, 0.2) is 12.3 Å². The molecular formula is C9H10BNO2. The monoisotopic (exact) mass is 175 g/mol. The first-order valence-corrected chi connectivity index (χ1v) is 3.92. The molecule has 0 fully saturated rings. The van der Waals surface area contributed by atoms with E-state index in [1.165, 1.54) is 7.11 Å². The molecule has 0 unspecified atom stereocenters. The van der Waals surface area contributed by atoms with E-state index in [1.54, 1.807) is 12.3 Å². The number of pyridine rings is 1. The standard InChI is InChI=1S/C9H10BNO2/c1-6-7(10)3-4-11-8(6)5-9(12)13-2/h3-4H,5H2,1-2H3. The summed E-state index contributed by atoms with van der Waals surface area (Å²) >= 11 is 0. The summed E-state index contributed by atoms with van der Waals surface area (Å²) in [4.78, 5) is 15.0. The van der Waals surface area contributed by atoms with E-state index in [0.29, 0.717) is 11.2 Å². The molecule has 1 aromatic rings. The highest BCUT2D eigenvalue weighted by molar-refractivity contribution is 6.33. The molecule has 0 aliphatic carbocycles. The Morgan fingerprint density at radius 2 is 2.38 bits per heavy atom. The van der Waals surface area contributed by atoms with Crippen molar-refractivity contribution in [3.63, 3.8) is 0 Å². The van der Waals surface area contributed by atoms with E-state index in [9.17, 15) is 4.79 Å². The lowest BCUT2D eigenvalue weighted by atomic mass is 9.90. The number of hydrogen-bond acceptors (Lipinski definition) is 3. The average molecular weight is 175 g/mol. The van der Waals surface area contributed by atoms with Crippen molar-refractivity contribution in [1.82, 2.24) is 4.98 Å². The van der Waals surface area contributed by atoms with Gasteiger partial charge < -0.3 is 4.74 Å². The summed E-state index contributed by atoms with van der Waals surface area (Å²) in [7, 11) is 7.00. The van der Waals surface area contributed by atoms with E-state index in [-0.39, 0.29) is 12.4 Å². The molecule has 3 nitrogen and oxygen atoms in total. The van der Waals surface area contributed by atoms with Gasteiger partial charge in [0, 0.05) is 6.20 Å². The van der Waals surface area contributed by atoms with E-state index in [0.717, 1.165) is 5.56 Å². The van der Waals surface area contributed by atoms with Gasteiger partial charge in [0.25, 0.3) is 0 Å². The molecule has 0 amide bonds. The van der Waals surface area contributed by atoms with Crippen LogP contribution >= 0.6 is 0 Å². The van der Waals surface area contributed by atoms with Crippen molar-refractivity contribution >= 4 is 19.3 Å². The van der Waals surface area contributed by atoms with Crippen LogP contribution in [0.3, 0.4) is 0 Å². The molecule has 0 spiro atoms. The minimum atomic E-state index is -0.304. The summed E-state index contributed by atoms with van der Waals surface area (Å²) in [6.07, 6.45) is 1.76. The zero-order chi connectivity index (χ0) is 9.84. The van der Waals surface area contributed by atoms with Crippen LogP contribution in [0.2, 0.25) is 0 Å². The third-order valence-electron chi connectivity index (χ3n) is 1.89. The Morgan fingerprint density at radius 1 is 1.69 bits per heavy atom. The van der Waals surface area contributed by atoms with Crippen LogP contribution in [0.4, 0.5) is 0 Å². The van der Waals surface area contributed by atoms with E-state index >= 15 is 0 Å². The third kappa shape index (κ3) is 2.31. The summed E-state index contributed by atoms with van der Waals surface area (Å²) in [5, 5.41) is 0. The fraction of sp³-hybridized carbons (Fsp3) is 0.333. The van der Waals surface area contributed by atoms with E-state index in [2.05, 4.69) is 9.72 Å². The van der Waals surface area contributed by atoms with Gasteiger partial charge in [-0.3, -0.25) is 9.78 Å². The molecule has 1 rings (SSSR count). The predicted octanol–water partition coefficient (Wildman–Crippen LogP) is -0.101. The molecule has 13 heavy (non-hydrogen) atoms. The largest absolute Gasteiger partial charge is 0.469 e. The molecular weight excluding hydrogens is 165 g/mol. The number of carbonyl (C=O) groups is 1. The number of aromatic nitrogens is 1. The average Bonchev–Trinajstić information content (AvgIpc) is 2.13. The van der Waals surface area contributed by atoms with Crippen molar-refractivity contribution in [2.75, 3.05) is 7.11 Å². The van der Waals surface area contributed by atoms with Crippen LogP contribution in [0.1, 0.15) is 11.3 Å². The topological polar surface area (TPSA) is 39.2 Å². The van der Waals surface area contributed by atoms with Crippen molar-refractivity contribution in [3.05, 3.63) is 23.5 Å². The highest BCUT2D eigenvalue weighted by Crippen LogP contribution is 2.01. The van der Waals surface area contributed by atoms with E-state index in [4.69, 9.17) is 7.85 Å². The Morgan fingerprint density at radius 3 is 3.00 bits per heavy atom. The van der Waals surface area contributed by atoms with E-state index < -0.39 is 0 Å². The van der Waals surface area contributed by atoms with Gasteiger partial charge in [-0.1, -0.05) is 11.5 Å². The quantitative estimate of drug-likeness (QED) is 0.465. The predicted molar refractivity (Wildman–Crippen MR) is 50.1 cm³/mol. The second-order valence-corrected chi connectivity index (χ2v) is 2.72. The number of hydrogen-bond donors (Lipinski definition) is 0. The maximum Gasteiger partial charge on any atom is 0.311 e. The number of nitrogens with zero attached hydrogens (tertiary/aromatic N) is 1. The van der Waals surface area contributed by atoms with Crippen molar-refractivity contribution in [2.24, 2.45) is 0 Å². The van der Waals surface area contributed by atoms with Gasteiger partial charge in [-0.15, -0.1) is 0 Å². The summed E-state index contributed by atoms with van der Waals surface area (Å²) in [5.74, 6) is -0.304. The summed E-state index contributed by atoms with van der Waals surface area (Å²) in [6, 6.07) is 1.70. The molecule has 0 bridgehead atoms. The lowest BCUT2D eigenvalue weighted by molar-refractivity contribution is -0.139. The van der Waals surface area contributed by atoms with Crippen molar-refractivity contribution in [3.8, 4) is 0 Å². The molecule has 1 heterocycles. The minimum Gasteiger partial charge on any atom is -0.469 e. The highest BCUT2D eigenvalue weighted by atomic mass is 16.5. The van der Waals surface area contributed by atoms with Crippen molar-refractivity contribution in [2.45, 2.75) is 13.3 Å². The van der Waals surface area contributed by atoms with Gasteiger partial charge in [-0.25, -0.2) is 0 Å². The number of esters is 1. The van der Waals surface area contributed by atoms with Gasteiger partial charge in [0.05, 0.1) is 19.2 Å². The second-order valence-electron chi connectivity index (χ2n) is 2.72. The number of ether oxygens (including phenoxy) is 1. The zero-order valence-electron chi connectivity index (χ0n) is 7.70.